The highest BCUT2D eigenvalue weighted by Gasteiger charge is 2.40. The highest BCUT2D eigenvalue weighted by Crippen LogP contribution is 2.37. The number of hydrogen-bond acceptors (Lipinski definition) is 4. The van der Waals surface area contributed by atoms with Gasteiger partial charge in [-0.1, -0.05) is 12.8 Å². The zero-order valence-electron chi connectivity index (χ0n) is 17.0. The number of fused-ring (bicyclic) bond motifs is 2. The Kier molecular flexibility index (Phi) is 5.42. The fraction of sp³-hybridized carbons (Fsp3) is 0.667. The minimum absolute atomic E-state index is 0.0701. The molecule has 3 heterocycles. The molecule has 0 radical (unpaired) electrons. The van der Waals surface area contributed by atoms with Crippen molar-refractivity contribution >= 4 is 23.4 Å². The molecular formula is C21H31N5O2. The first-order valence-electron chi connectivity index (χ1n) is 10.8. The first-order valence-corrected chi connectivity index (χ1v) is 10.8. The van der Waals surface area contributed by atoms with Crippen LogP contribution in [0.1, 0.15) is 52.4 Å². The third-order valence-corrected chi connectivity index (χ3v) is 6.50. The molecule has 1 saturated heterocycles. The van der Waals surface area contributed by atoms with E-state index < -0.39 is 0 Å². The van der Waals surface area contributed by atoms with E-state index in [-0.39, 0.29) is 18.5 Å². The number of carbonyl (C=O) groups is 2. The van der Waals surface area contributed by atoms with Crippen molar-refractivity contribution in [2.75, 3.05) is 36.1 Å². The zero-order chi connectivity index (χ0) is 19.7. The molecule has 0 N–H and O–H groups in total. The van der Waals surface area contributed by atoms with Gasteiger partial charge >= 0.3 is 6.03 Å². The van der Waals surface area contributed by atoms with Crippen LogP contribution < -0.4 is 9.91 Å². The maximum absolute atomic E-state index is 13.3. The van der Waals surface area contributed by atoms with Crippen molar-refractivity contribution in [1.82, 2.24) is 14.9 Å². The predicted octanol–water partition coefficient (Wildman–Crippen LogP) is 3.27. The summed E-state index contributed by atoms with van der Waals surface area (Å²) in [6, 6.07) is 3.94. The molecule has 2 aliphatic heterocycles. The van der Waals surface area contributed by atoms with Crippen LogP contribution in [0.2, 0.25) is 0 Å². The summed E-state index contributed by atoms with van der Waals surface area (Å²) in [6.45, 7) is 6.07. The minimum Gasteiger partial charge on any atom is -0.338 e. The van der Waals surface area contributed by atoms with Crippen LogP contribution in [-0.4, -0.2) is 59.1 Å². The van der Waals surface area contributed by atoms with Gasteiger partial charge in [0.1, 0.15) is 6.54 Å². The topological polar surface area (TPSA) is 60.0 Å². The Balaban J connectivity index is 1.59. The molecule has 4 rings (SSSR count). The Labute approximate surface area is 167 Å². The predicted molar refractivity (Wildman–Crippen MR) is 109 cm³/mol. The standard InChI is InChI=1S/C21H31N5O2/c1-3-25-20-18(12-7-13-22-20)24(21(28)26(25)4-2)15-19(27)23-14-8-10-16-9-5-6-11-17(16)23/h7,12-13,16-17H,3-6,8-11,14-15H2,1-2H3/t16-,17+/m0/s1. The van der Waals surface area contributed by atoms with Gasteiger partial charge in [-0.25, -0.2) is 14.8 Å². The number of nitrogens with zero attached hydrogens (tertiary/aromatic N) is 5. The van der Waals surface area contributed by atoms with E-state index in [1.165, 1.54) is 25.7 Å². The third kappa shape index (κ3) is 3.20. The largest absolute Gasteiger partial charge is 0.343 e. The zero-order valence-corrected chi connectivity index (χ0v) is 17.0. The number of rotatable bonds is 4. The fourth-order valence-corrected chi connectivity index (χ4v) is 5.20. The molecule has 0 aromatic carbocycles. The number of hydrazine groups is 1. The second-order valence-corrected chi connectivity index (χ2v) is 7.99. The maximum Gasteiger partial charge on any atom is 0.343 e. The van der Waals surface area contributed by atoms with E-state index in [1.54, 1.807) is 16.1 Å². The van der Waals surface area contributed by atoms with Crippen LogP contribution in [0, 0.1) is 5.92 Å². The Morgan fingerprint density at radius 2 is 1.86 bits per heavy atom. The van der Waals surface area contributed by atoms with Crippen molar-refractivity contribution < 1.29 is 9.59 Å². The Hall–Kier alpha value is -2.31. The molecule has 2 atom stereocenters. The number of carbonyl (C=O) groups excluding carboxylic acids is 2. The summed E-state index contributed by atoms with van der Waals surface area (Å²) < 4.78 is 0. The normalized spacial score (nSPS) is 24.9. The van der Waals surface area contributed by atoms with E-state index >= 15 is 0 Å². The molecule has 1 saturated carbocycles. The molecule has 0 unspecified atom stereocenters. The van der Waals surface area contributed by atoms with Gasteiger partial charge in [-0.15, -0.1) is 0 Å². The van der Waals surface area contributed by atoms with Gasteiger partial charge in [-0.2, -0.15) is 0 Å². The van der Waals surface area contributed by atoms with Crippen LogP contribution >= 0.6 is 0 Å². The number of amides is 3. The molecule has 2 fully saturated rings. The smallest absolute Gasteiger partial charge is 0.338 e. The molecule has 1 aliphatic carbocycles. The summed E-state index contributed by atoms with van der Waals surface area (Å²) in [5.41, 5.74) is 0.726. The Morgan fingerprint density at radius 3 is 2.64 bits per heavy atom. The number of urea groups is 1. The van der Waals surface area contributed by atoms with Crippen LogP contribution in [-0.2, 0) is 4.79 Å². The molecule has 152 valence electrons. The average molecular weight is 386 g/mol. The van der Waals surface area contributed by atoms with Gasteiger partial charge in [0.2, 0.25) is 5.91 Å². The summed E-state index contributed by atoms with van der Waals surface area (Å²) in [5.74, 6) is 1.45. The van der Waals surface area contributed by atoms with E-state index in [4.69, 9.17) is 0 Å². The lowest BCUT2D eigenvalue weighted by Crippen LogP contribution is -2.60. The van der Waals surface area contributed by atoms with Gasteiger partial charge in [0.05, 0.1) is 5.69 Å². The summed E-state index contributed by atoms with van der Waals surface area (Å²) in [5, 5.41) is 3.58. The van der Waals surface area contributed by atoms with E-state index in [0.29, 0.717) is 25.0 Å². The van der Waals surface area contributed by atoms with Crippen molar-refractivity contribution in [1.29, 1.82) is 0 Å². The van der Waals surface area contributed by atoms with Crippen LogP contribution in [0.4, 0.5) is 16.3 Å². The van der Waals surface area contributed by atoms with Gasteiger partial charge in [-0.3, -0.25) is 14.7 Å². The molecule has 0 bridgehead atoms. The van der Waals surface area contributed by atoms with Crippen LogP contribution in [0.25, 0.3) is 0 Å². The van der Waals surface area contributed by atoms with E-state index in [2.05, 4.69) is 9.88 Å². The average Bonchev–Trinajstić information content (AvgIpc) is 2.74. The number of hydrogen-bond donors (Lipinski definition) is 0. The van der Waals surface area contributed by atoms with Gasteiger partial charge < -0.3 is 4.90 Å². The molecular weight excluding hydrogens is 354 g/mol. The summed E-state index contributed by atoms with van der Waals surface area (Å²) in [6.07, 6.45) is 8.87. The molecule has 3 aliphatic rings. The molecule has 1 aromatic heterocycles. The quantitative estimate of drug-likeness (QED) is 0.798. The highest BCUT2D eigenvalue weighted by molar-refractivity contribution is 6.03. The van der Waals surface area contributed by atoms with Gasteiger partial charge in [0, 0.05) is 31.9 Å². The lowest BCUT2D eigenvalue weighted by Gasteiger charge is -2.46. The SMILES string of the molecule is CCN1C(=O)N(CC(=O)N2CCC[C@@H]3CCCC[C@H]32)c2cccnc2N1CC. The number of anilines is 2. The second kappa shape index (κ2) is 7.97. The fourth-order valence-electron chi connectivity index (χ4n) is 5.20. The van der Waals surface area contributed by atoms with Crippen LogP contribution in [0.3, 0.4) is 0 Å². The highest BCUT2D eigenvalue weighted by atomic mass is 16.2. The first kappa shape index (κ1) is 19.0. The minimum atomic E-state index is -0.143. The lowest BCUT2D eigenvalue weighted by molar-refractivity contribution is -0.135. The van der Waals surface area contributed by atoms with Crippen molar-refractivity contribution in [3.8, 4) is 0 Å². The van der Waals surface area contributed by atoms with Gasteiger partial charge in [-0.05, 0) is 57.6 Å². The first-order chi connectivity index (χ1) is 13.7. The molecule has 1 aromatic rings. The number of pyridine rings is 1. The number of aromatic nitrogens is 1. The molecule has 7 nitrogen and oxygen atoms in total. The number of likely N-dealkylation sites (tertiary alicyclic amines) is 1. The molecule has 28 heavy (non-hydrogen) atoms. The molecule has 0 spiro atoms. The molecule has 3 amide bonds. The van der Waals surface area contributed by atoms with Crippen molar-refractivity contribution in [3.63, 3.8) is 0 Å². The van der Waals surface area contributed by atoms with Crippen molar-refractivity contribution in [2.24, 2.45) is 5.92 Å². The monoisotopic (exact) mass is 385 g/mol. The van der Waals surface area contributed by atoms with E-state index in [0.717, 1.165) is 30.9 Å². The van der Waals surface area contributed by atoms with Crippen LogP contribution in [0.5, 0.6) is 0 Å². The lowest BCUT2D eigenvalue weighted by atomic mass is 9.78. The summed E-state index contributed by atoms with van der Waals surface area (Å²) >= 11 is 0. The van der Waals surface area contributed by atoms with E-state index in [1.807, 2.05) is 31.0 Å². The van der Waals surface area contributed by atoms with Gasteiger partial charge in [0.15, 0.2) is 5.82 Å². The Morgan fingerprint density at radius 1 is 1.11 bits per heavy atom. The van der Waals surface area contributed by atoms with E-state index in [9.17, 15) is 9.59 Å². The molecule has 7 heteroatoms. The third-order valence-electron chi connectivity index (χ3n) is 6.50. The van der Waals surface area contributed by atoms with Crippen LogP contribution in [0.15, 0.2) is 18.3 Å². The van der Waals surface area contributed by atoms with Crippen molar-refractivity contribution in [2.45, 2.75) is 58.4 Å². The summed E-state index contributed by atoms with van der Waals surface area (Å²) in [4.78, 5) is 34.7. The summed E-state index contributed by atoms with van der Waals surface area (Å²) in [7, 11) is 0. The second-order valence-electron chi connectivity index (χ2n) is 7.99. The van der Waals surface area contributed by atoms with Gasteiger partial charge in [0.25, 0.3) is 0 Å². The van der Waals surface area contributed by atoms with Crippen molar-refractivity contribution in [3.05, 3.63) is 18.3 Å². The Bertz CT molecular complexity index is 737. The maximum atomic E-state index is 13.3. The number of piperidine rings is 1.